The van der Waals surface area contributed by atoms with Gasteiger partial charge in [0.05, 0.1) is 7.11 Å². The molecule has 1 aliphatic rings. The van der Waals surface area contributed by atoms with Gasteiger partial charge in [-0.05, 0) is 61.8 Å². The number of hydrogen-bond acceptors (Lipinski definition) is 2. The highest BCUT2D eigenvalue weighted by Gasteiger charge is 2.31. The molecule has 2 aromatic carbocycles. The molecule has 0 aliphatic heterocycles. The zero-order valence-corrected chi connectivity index (χ0v) is 15.1. The molecule has 3 unspecified atom stereocenters. The van der Waals surface area contributed by atoms with E-state index in [0.717, 1.165) is 29.7 Å². The Bertz CT molecular complexity index is 649. The van der Waals surface area contributed by atoms with Gasteiger partial charge in [-0.15, -0.1) is 0 Å². The van der Waals surface area contributed by atoms with E-state index in [2.05, 4.69) is 55.6 Å². The van der Waals surface area contributed by atoms with Gasteiger partial charge in [-0.1, -0.05) is 49.4 Å². The molecule has 0 spiro atoms. The largest absolute Gasteiger partial charge is 0.496 e. The molecule has 0 bridgehead atoms. The van der Waals surface area contributed by atoms with E-state index in [9.17, 15) is 0 Å². The van der Waals surface area contributed by atoms with Crippen molar-refractivity contribution in [3.63, 3.8) is 0 Å². The van der Waals surface area contributed by atoms with E-state index in [0.29, 0.717) is 6.04 Å². The van der Waals surface area contributed by atoms with Crippen LogP contribution < -0.4 is 10.1 Å². The maximum atomic E-state index is 5.46. The van der Waals surface area contributed by atoms with Crippen LogP contribution in [0.5, 0.6) is 5.75 Å². The molecule has 0 amide bonds. The monoisotopic (exact) mass is 323 g/mol. The molecule has 3 rings (SSSR count). The molecule has 24 heavy (non-hydrogen) atoms. The molecule has 1 saturated carbocycles. The van der Waals surface area contributed by atoms with Crippen molar-refractivity contribution in [1.29, 1.82) is 0 Å². The second kappa shape index (κ2) is 7.85. The van der Waals surface area contributed by atoms with Crippen molar-refractivity contribution in [2.45, 2.75) is 39.2 Å². The molecule has 1 N–H and O–H groups in total. The number of nitrogens with one attached hydrogen (secondary N) is 1. The Hall–Kier alpha value is -1.80. The van der Waals surface area contributed by atoms with Crippen molar-refractivity contribution in [2.24, 2.45) is 11.8 Å². The molecule has 1 aliphatic carbocycles. The summed E-state index contributed by atoms with van der Waals surface area (Å²) in [6.45, 7) is 5.72. The van der Waals surface area contributed by atoms with Crippen LogP contribution in [0, 0.1) is 11.8 Å². The van der Waals surface area contributed by atoms with Crippen molar-refractivity contribution in [2.75, 3.05) is 13.7 Å². The predicted molar refractivity (Wildman–Crippen MR) is 101 cm³/mol. The number of methoxy groups -OCH3 is 1. The first-order valence-corrected chi connectivity index (χ1v) is 9.15. The number of para-hydroxylation sites is 1. The minimum absolute atomic E-state index is 0.397. The lowest BCUT2D eigenvalue weighted by Crippen LogP contribution is -2.19. The van der Waals surface area contributed by atoms with Crippen molar-refractivity contribution in [1.82, 2.24) is 5.32 Å². The molecule has 2 aromatic rings. The van der Waals surface area contributed by atoms with Gasteiger partial charge < -0.3 is 10.1 Å². The molecule has 0 saturated heterocycles. The zero-order chi connectivity index (χ0) is 16.9. The van der Waals surface area contributed by atoms with E-state index in [1.807, 2.05) is 12.1 Å². The lowest BCUT2D eigenvalue weighted by Gasteiger charge is -2.15. The Balaban J connectivity index is 1.55. The van der Waals surface area contributed by atoms with Crippen LogP contribution in [-0.2, 0) is 0 Å². The average Bonchev–Trinajstić information content (AvgIpc) is 3.34. The van der Waals surface area contributed by atoms with Gasteiger partial charge in [0, 0.05) is 11.6 Å². The first-order chi connectivity index (χ1) is 11.7. The van der Waals surface area contributed by atoms with Crippen molar-refractivity contribution >= 4 is 0 Å². The Morgan fingerprint density at radius 2 is 1.83 bits per heavy atom. The van der Waals surface area contributed by atoms with Crippen LogP contribution >= 0.6 is 0 Å². The molecule has 0 heterocycles. The summed E-state index contributed by atoms with van der Waals surface area (Å²) < 4.78 is 5.46. The van der Waals surface area contributed by atoms with Crippen LogP contribution in [0.4, 0.5) is 0 Å². The van der Waals surface area contributed by atoms with Gasteiger partial charge >= 0.3 is 0 Å². The number of ether oxygens (including phenoxy) is 1. The second-order valence-electron chi connectivity index (χ2n) is 7.11. The standard InChI is InChI=1S/C22H29NO/c1-16-15-20(16)7-6-14-23-17(2)18-10-12-19(13-11-18)21-8-4-5-9-22(21)24-3/h4-5,8-13,16-17,20,23H,6-7,14-15H2,1-3H3. The summed E-state index contributed by atoms with van der Waals surface area (Å²) in [5, 5.41) is 3.65. The highest BCUT2D eigenvalue weighted by atomic mass is 16.5. The molecule has 0 radical (unpaired) electrons. The molecule has 3 atom stereocenters. The zero-order valence-electron chi connectivity index (χ0n) is 15.1. The summed E-state index contributed by atoms with van der Waals surface area (Å²) in [6, 6.07) is 17.4. The quantitative estimate of drug-likeness (QED) is 0.652. The summed E-state index contributed by atoms with van der Waals surface area (Å²) in [5.41, 5.74) is 3.69. The average molecular weight is 323 g/mol. The Morgan fingerprint density at radius 1 is 1.12 bits per heavy atom. The third-order valence-electron chi connectivity index (χ3n) is 5.31. The van der Waals surface area contributed by atoms with Gasteiger partial charge in [-0.3, -0.25) is 0 Å². The SMILES string of the molecule is COc1ccccc1-c1ccc(C(C)NCCCC2CC2C)cc1. The fraction of sp³-hybridized carbons (Fsp3) is 0.455. The van der Waals surface area contributed by atoms with Crippen molar-refractivity contribution in [3.05, 3.63) is 54.1 Å². The topological polar surface area (TPSA) is 21.3 Å². The first-order valence-electron chi connectivity index (χ1n) is 9.15. The lowest BCUT2D eigenvalue weighted by molar-refractivity contribution is 0.416. The Morgan fingerprint density at radius 3 is 2.50 bits per heavy atom. The normalized spacial score (nSPS) is 20.6. The van der Waals surface area contributed by atoms with Crippen LogP contribution in [0.1, 0.15) is 44.7 Å². The van der Waals surface area contributed by atoms with Crippen LogP contribution in [-0.4, -0.2) is 13.7 Å². The minimum atomic E-state index is 0.397. The van der Waals surface area contributed by atoms with Gasteiger partial charge in [-0.25, -0.2) is 0 Å². The number of benzene rings is 2. The first kappa shape index (κ1) is 17.0. The summed E-state index contributed by atoms with van der Waals surface area (Å²) in [6.07, 6.45) is 4.12. The van der Waals surface area contributed by atoms with E-state index in [1.54, 1.807) is 7.11 Å². The molecule has 2 heteroatoms. The van der Waals surface area contributed by atoms with E-state index >= 15 is 0 Å². The minimum Gasteiger partial charge on any atom is -0.496 e. The van der Waals surface area contributed by atoms with Crippen molar-refractivity contribution < 1.29 is 4.74 Å². The number of hydrogen-bond donors (Lipinski definition) is 1. The third kappa shape index (κ3) is 4.18. The molecular formula is C22H29NO. The van der Waals surface area contributed by atoms with E-state index in [-0.39, 0.29) is 0 Å². The van der Waals surface area contributed by atoms with Gasteiger partial charge in [-0.2, -0.15) is 0 Å². The molecule has 0 aromatic heterocycles. The van der Waals surface area contributed by atoms with Crippen LogP contribution in [0.2, 0.25) is 0 Å². The number of rotatable bonds is 8. The third-order valence-corrected chi connectivity index (χ3v) is 5.31. The van der Waals surface area contributed by atoms with Crippen LogP contribution in [0.25, 0.3) is 11.1 Å². The maximum Gasteiger partial charge on any atom is 0.126 e. The smallest absolute Gasteiger partial charge is 0.126 e. The maximum absolute atomic E-state index is 5.46. The van der Waals surface area contributed by atoms with Gasteiger partial charge in [0.15, 0.2) is 0 Å². The molecular weight excluding hydrogens is 294 g/mol. The lowest BCUT2D eigenvalue weighted by atomic mass is 10.0. The van der Waals surface area contributed by atoms with Crippen LogP contribution in [0.15, 0.2) is 48.5 Å². The summed E-state index contributed by atoms with van der Waals surface area (Å²) in [7, 11) is 1.72. The Labute approximate surface area is 146 Å². The van der Waals surface area contributed by atoms with E-state index < -0.39 is 0 Å². The molecule has 128 valence electrons. The highest BCUT2D eigenvalue weighted by Crippen LogP contribution is 2.41. The van der Waals surface area contributed by atoms with Gasteiger partial charge in [0.25, 0.3) is 0 Å². The Kier molecular flexibility index (Phi) is 5.57. The molecule has 1 fully saturated rings. The predicted octanol–water partition coefficient (Wildman–Crippen LogP) is 5.45. The van der Waals surface area contributed by atoms with E-state index in [1.165, 1.54) is 30.4 Å². The fourth-order valence-corrected chi connectivity index (χ4v) is 3.44. The van der Waals surface area contributed by atoms with Crippen LogP contribution in [0.3, 0.4) is 0 Å². The fourth-order valence-electron chi connectivity index (χ4n) is 3.44. The summed E-state index contributed by atoms with van der Waals surface area (Å²) in [4.78, 5) is 0. The van der Waals surface area contributed by atoms with Gasteiger partial charge in [0.2, 0.25) is 0 Å². The van der Waals surface area contributed by atoms with E-state index in [4.69, 9.17) is 4.74 Å². The second-order valence-corrected chi connectivity index (χ2v) is 7.11. The summed E-state index contributed by atoms with van der Waals surface area (Å²) >= 11 is 0. The van der Waals surface area contributed by atoms with Crippen molar-refractivity contribution in [3.8, 4) is 16.9 Å². The molecule has 2 nitrogen and oxygen atoms in total. The highest BCUT2D eigenvalue weighted by molar-refractivity contribution is 5.70. The summed E-state index contributed by atoms with van der Waals surface area (Å²) in [5.74, 6) is 2.90. The van der Waals surface area contributed by atoms with Gasteiger partial charge in [0.1, 0.15) is 5.75 Å².